The maximum Gasteiger partial charge on any atom is 0.411 e. The second kappa shape index (κ2) is 9.00. The number of halogens is 1. The second-order valence-corrected chi connectivity index (χ2v) is 8.69. The van der Waals surface area contributed by atoms with Crippen LogP contribution in [0.3, 0.4) is 0 Å². The maximum atomic E-state index is 13.3. The van der Waals surface area contributed by atoms with E-state index in [2.05, 4.69) is 27.0 Å². The van der Waals surface area contributed by atoms with Gasteiger partial charge in [0.2, 0.25) is 11.7 Å². The molecule has 170 valence electrons. The standard InChI is InChI=1S/C24H23FN4O4/c1-24(2,3)32-23(31)29-14-18(30)12-20(29)22-27-21(28-33-22)19-10-9-16(13-26-19)8-7-15-5-4-6-17(25)11-15/h4-6,9-11,13,18,20,30H,12,14H2,1-3H3/t18-,20+/m1/s1. The van der Waals surface area contributed by atoms with Crippen LogP contribution in [0.25, 0.3) is 11.5 Å². The highest BCUT2D eigenvalue weighted by Crippen LogP contribution is 2.33. The van der Waals surface area contributed by atoms with Gasteiger partial charge in [0.1, 0.15) is 23.2 Å². The molecule has 0 saturated carbocycles. The summed E-state index contributed by atoms with van der Waals surface area (Å²) in [7, 11) is 0. The van der Waals surface area contributed by atoms with Crippen LogP contribution in [0.15, 0.2) is 47.1 Å². The molecule has 0 aliphatic carbocycles. The smallest absolute Gasteiger partial charge is 0.411 e. The van der Waals surface area contributed by atoms with E-state index in [0.717, 1.165) is 0 Å². The van der Waals surface area contributed by atoms with E-state index in [1.165, 1.54) is 17.0 Å². The van der Waals surface area contributed by atoms with Gasteiger partial charge in [-0.2, -0.15) is 4.98 Å². The molecule has 0 radical (unpaired) electrons. The van der Waals surface area contributed by atoms with Gasteiger partial charge in [0.15, 0.2) is 0 Å². The third kappa shape index (κ3) is 5.54. The van der Waals surface area contributed by atoms with Crippen molar-refractivity contribution < 1.29 is 23.6 Å². The molecule has 1 N–H and O–H groups in total. The number of aliphatic hydroxyl groups is 1. The number of benzene rings is 1. The molecule has 3 aromatic rings. The zero-order chi connectivity index (χ0) is 23.6. The summed E-state index contributed by atoms with van der Waals surface area (Å²) >= 11 is 0. The molecule has 0 spiro atoms. The largest absolute Gasteiger partial charge is 0.444 e. The van der Waals surface area contributed by atoms with Crippen LogP contribution in [0.2, 0.25) is 0 Å². The van der Waals surface area contributed by atoms with Crippen molar-refractivity contribution in [2.24, 2.45) is 0 Å². The number of nitrogens with zero attached hydrogens (tertiary/aromatic N) is 4. The average Bonchev–Trinajstić information content (AvgIpc) is 3.38. The Balaban J connectivity index is 1.49. The highest BCUT2D eigenvalue weighted by molar-refractivity contribution is 5.69. The minimum atomic E-state index is -0.716. The molecule has 0 bridgehead atoms. The first-order chi connectivity index (χ1) is 15.7. The monoisotopic (exact) mass is 450 g/mol. The number of ether oxygens (including phenoxy) is 1. The molecular formula is C24H23FN4O4. The molecule has 9 heteroatoms. The van der Waals surface area contributed by atoms with Gasteiger partial charge in [-0.05, 0) is 51.1 Å². The maximum absolute atomic E-state index is 13.3. The summed E-state index contributed by atoms with van der Waals surface area (Å²) in [5.74, 6) is 5.92. The van der Waals surface area contributed by atoms with Gasteiger partial charge in [-0.15, -0.1) is 0 Å². The van der Waals surface area contributed by atoms with Crippen molar-refractivity contribution in [3.05, 3.63) is 65.4 Å². The molecule has 1 fully saturated rings. The molecule has 1 aliphatic heterocycles. The lowest BCUT2D eigenvalue weighted by atomic mass is 10.2. The van der Waals surface area contributed by atoms with Crippen molar-refractivity contribution in [3.8, 4) is 23.4 Å². The Hall–Kier alpha value is -3.77. The third-order valence-corrected chi connectivity index (χ3v) is 4.80. The van der Waals surface area contributed by atoms with Crippen molar-refractivity contribution in [3.63, 3.8) is 0 Å². The molecule has 1 amide bonds. The van der Waals surface area contributed by atoms with Crippen LogP contribution in [0, 0.1) is 17.7 Å². The van der Waals surface area contributed by atoms with E-state index in [-0.39, 0.29) is 30.5 Å². The number of hydrogen-bond donors (Lipinski definition) is 1. The predicted molar refractivity (Wildman–Crippen MR) is 116 cm³/mol. The number of likely N-dealkylation sites (tertiary alicyclic amines) is 1. The molecule has 4 rings (SSSR count). The van der Waals surface area contributed by atoms with E-state index in [4.69, 9.17) is 9.26 Å². The fourth-order valence-corrected chi connectivity index (χ4v) is 3.36. The van der Waals surface area contributed by atoms with Gasteiger partial charge in [-0.25, -0.2) is 9.18 Å². The number of carbonyl (C=O) groups is 1. The van der Waals surface area contributed by atoms with Gasteiger partial charge < -0.3 is 14.4 Å². The zero-order valence-corrected chi connectivity index (χ0v) is 18.4. The Labute approximate surface area is 190 Å². The van der Waals surface area contributed by atoms with Crippen molar-refractivity contribution in [2.45, 2.75) is 44.9 Å². The highest BCUT2D eigenvalue weighted by Gasteiger charge is 2.40. The Morgan fingerprint density at radius 3 is 2.73 bits per heavy atom. The average molecular weight is 450 g/mol. The first kappa shape index (κ1) is 22.4. The lowest BCUT2D eigenvalue weighted by Crippen LogP contribution is -2.37. The predicted octanol–water partition coefficient (Wildman–Crippen LogP) is 3.71. The van der Waals surface area contributed by atoms with Crippen molar-refractivity contribution in [2.75, 3.05) is 6.54 Å². The SMILES string of the molecule is CC(C)(C)OC(=O)N1C[C@H](O)C[C@H]1c1nc(-c2ccc(C#Cc3cccc(F)c3)cn2)no1. The van der Waals surface area contributed by atoms with Gasteiger partial charge in [0.25, 0.3) is 0 Å². The number of amides is 1. The van der Waals surface area contributed by atoms with Crippen molar-refractivity contribution >= 4 is 6.09 Å². The molecule has 2 atom stereocenters. The molecule has 8 nitrogen and oxygen atoms in total. The number of aromatic nitrogens is 3. The number of carbonyl (C=O) groups excluding carboxylic acids is 1. The van der Waals surface area contributed by atoms with Crippen LogP contribution < -0.4 is 0 Å². The lowest BCUT2D eigenvalue weighted by molar-refractivity contribution is 0.0184. The Bertz CT molecular complexity index is 1210. The Morgan fingerprint density at radius 1 is 1.24 bits per heavy atom. The molecule has 1 aromatic carbocycles. The first-order valence-corrected chi connectivity index (χ1v) is 10.4. The minimum Gasteiger partial charge on any atom is -0.444 e. The van der Waals surface area contributed by atoms with E-state index in [0.29, 0.717) is 16.8 Å². The molecule has 33 heavy (non-hydrogen) atoms. The van der Waals surface area contributed by atoms with Crippen LogP contribution in [-0.2, 0) is 4.74 Å². The number of aliphatic hydroxyl groups excluding tert-OH is 1. The quantitative estimate of drug-likeness (QED) is 0.594. The summed E-state index contributed by atoms with van der Waals surface area (Å²) < 4.78 is 24.1. The summed E-state index contributed by atoms with van der Waals surface area (Å²) in [6.07, 6.45) is 0.558. The van der Waals surface area contributed by atoms with Crippen molar-refractivity contribution in [1.82, 2.24) is 20.0 Å². The van der Waals surface area contributed by atoms with Crippen LogP contribution in [-0.4, -0.2) is 49.5 Å². The number of rotatable bonds is 2. The Kier molecular flexibility index (Phi) is 6.11. The fraction of sp³-hybridized carbons (Fsp3) is 0.333. The molecule has 1 saturated heterocycles. The van der Waals surface area contributed by atoms with Gasteiger partial charge in [-0.3, -0.25) is 9.88 Å². The van der Waals surface area contributed by atoms with Gasteiger partial charge in [0.05, 0.1) is 12.6 Å². The summed E-state index contributed by atoms with van der Waals surface area (Å²) in [4.78, 5) is 22.6. The van der Waals surface area contributed by atoms with Crippen LogP contribution in [0.5, 0.6) is 0 Å². The summed E-state index contributed by atoms with van der Waals surface area (Å²) in [5, 5.41) is 14.1. The minimum absolute atomic E-state index is 0.119. The van der Waals surface area contributed by atoms with E-state index in [1.54, 1.807) is 51.2 Å². The fourth-order valence-electron chi connectivity index (χ4n) is 3.36. The molecule has 1 aliphatic rings. The number of β-amino-alcohol motifs (C(OH)–C–C–N with tert-alkyl or cyclic N) is 1. The van der Waals surface area contributed by atoms with Gasteiger partial charge >= 0.3 is 6.09 Å². The number of pyridine rings is 1. The second-order valence-electron chi connectivity index (χ2n) is 8.69. The summed E-state index contributed by atoms with van der Waals surface area (Å²) in [6.45, 7) is 5.44. The van der Waals surface area contributed by atoms with Crippen LogP contribution in [0.4, 0.5) is 9.18 Å². The van der Waals surface area contributed by atoms with Crippen LogP contribution >= 0.6 is 0 Å². The summed E-state index contributed by atoms with van der Waals surface area (Å²) in [5.41, 5.74) is 0.999. The number of hydrogen-bond acceptors (Lipinski definition) is 7. The lowest BCUT2D eigenvalue weighted by Gasteiger charge is -2.26. The van der Waals surface area contributed by atoms with Crippen LogP contribution in [0.1, 0.15) is 50.3 Å². The first-order valence-electron chi connectivity index (χ1n) is 10.4. The summed E-state index contributed by atoms with van der Waals surface area (Å²) in [6, 6.07) is 8.89. The van der Waals surface area contributed by atoms with Crippen molar-refractivity contribution in [1.29, 1.82) is 0 Å². The molecule has 0 unspecified atom stereocenters. The zero-order valence-electron chi connectivity index (χ0n) is 18.4. The van der Waals surface area contributed by atoms with E-state index in [9.17, 15) is 14.3 Å². The van der Waals surface area contributed by atoms with Gasteiger partial charge in [-0.1, -0.05) is 23.1 Å². The van der Waals surface area contributed by atoms with E-state index < -0.39 is 23.8 Å². The normalized spacial score (nSPS) is 18.0. The Morgan fingerprint density at radius 2 is 2.03 bits per heavy atom. The topological polar surface area (TPSA) is 102 Å². The van der Waals surface area contributed by atoms with Gasteiger partial charge in [0, 0.05) is 23.7 Å². The molecule has 3 heterocycles. The molecular weight excluding hydrogens is 427 g/mol. The van der Waals surface area contributed by atoms with E-state index in [1.807, 2.05) is 0 Å². The highest BCUT2D eigenvalue weighted by atomic mass is 19.1. The molecule has 2 aromatic heterocycles. The van der Waals surface area contributed by atoms with E-state index >= 15 is 0 Å². The third-order valence-electron chi connectivity index (χ3n) is 4.80.